The third-order valence-corrected chi connectivity index (χ3v) is 2.91. The molecule has 0 aliphatic rings. The summed E-state index contributed by atoms with van der Waals surface area (Å²) in [6, 6.07) is 0. The SMILES string of the molecule is Cc1noc(C)c1Cn1nnc(C(=O)O)c1CCN. The Kier molecular flexibility index (Phi) is 3.61. The van der Waals surface area contributed by atoms with Crippen LogP contribution in [0.3, 0.4) is 0 Å². The van der Waals surface area contributed by atoms with Crippen LogP contribution in [0.2, 0.25) is 0 Å². The van der Waals surface area contributed by atoms with Gasteiger partial charge >= 0.3 is 5.97 Å². The summed E-state index contributed by atoms with van der Waals surface area (Å²) in [5.41, 5.74) is 7.58. The van der Waals surface area contributed by atoms with Gasteiger partial charge in [-0.15, -0.1) is 5.10 Å². The van der Waals surface area contributed by atoms with Gasteiger partial charge in [-0.2, -0.15) is 0 Å². The van der Waals surface area contributed by atoms with Gasteiger partial charge in [-0.1, -0.05) is 10.4 Å². The molecule has 0 aromatic carbocycles. The van der Waals surface area contributed by atoms with Crippen LogP contribution in [0.5, 0.6) is 0 Å². The lowest BCUT2D eigenvalue weighted by Crippen LogP contribution is -2.14. The minimum absolute atomic E-state index is 0.0581. The molecule has 2 aromatic heterocycles. The molecule has 0 spiro atoms. The van der Waals surface area contributed by atoms with Gasteiger partial charge in [-0.25, -0.2) is 9.48 Å². The van der Waals surface area contributed by atoms with Crippen molar-refractivity contribution in [2.45, 2.75) is 26.8 Å². The van der Waals surface area contributed by atoms with Crippen molar-refractivity contribution in [3.8, 4) is 0 Å². The first kappa shape index (κ1) is 13.2. The lowest BCUT2D eigenvalue weighted by Gasteiger charge is -2.05. The Labute approximate surface area is 109 Å². The van der Waals surface area contributed by atoms with Crippen molar-refractivity contribution in [1.29, 1.82) is 0 Å². The Bertz CT molecular complexity index is 582. The second kappa shape index (κ2) is 5.19. The Morgan fingerprint density at radius 2 is 2.21 bits per heavy atom. The van der Waals surface area contributed by atoms with E-state index in [2.05, 4.69) is 15.5 Å². The van der Waals surface area contributed by atoms with E-state index in [0.717, 1.165) is 11.3 Å². The topological polar surface area (TPSA) is 120 Å². The normalized spacial score (nSPS) is 10.9. The van der Waals surface area contributed by atoms with Crippen molar-refractivity contribution >= 4 is 5.97 Å². The van der Waals surface area contributed by atoms with Crippen LogP contribution in [-0.2, 0) is 13.0 Å². The summed E-state index contributed by atoms with van der Waals surface area (Å²) in [4.78, 5) is 11.1. The monoisotopic (exact) mass is 265 g/mol. The van der Waals surface area contributed by atoms with Gasteiger partial charge < -0.3 is 15.4 Å². The smallest absolute Gasteiger partial charge is 0.358 e. The molecule has 0 saturated heterocycles. The van der Waals surface area contributed by atoms with Crippen LogP contribution in [0.4, 0.5) is 0 Å². The quantitative estimate of drug-likeness (QED) is 0.788. The maximum absolute atomic E-state index is 11.1. The van der Waals surface area contributed by atoms with E-state index in [1.165, 1.54) is 4.68 Å². The van der Waals surface area contributed by atoms with Crippen LogP contribution in [0.15, 0.2) is 4.52 Å². The van der Waals surface area contributed by atoms with Crippen LogP contribution in [0.1, 0.15) is 33.2 Å². The number of aromatic nitrogens is 4. The largest absolute Gasteiger partial charge is 0.476 e. The van der Waals surface area contributed by atoms with Gasteiger partial charge in [0.25, 0.3) is 0 Å². The van der Waals surface area contributed by atoms with Crippen LogP contribution < -0.4 is 5.73 Å². The number of hydrogen-bond acceptors (Lipinski definition) is 6. The second-order valence-electron chi connectivity index (χ2n) is 4.19. The Balaban J connectivity index is 2.37. The first-order chi connectivity index (χ1) is 9.04. The molecular formula is C11H15N5O3. The predicted molar refractivity (Wildman–Crippen MR) is 64.8 cm³/mol. The number of aryl methyl sites for hydroxylation is 2. The lowest BCUT2D eigenvalue weighted by molar-refractivity contribution is 0.0689. The first-order valence-electron chi connectivity index (χ1n) is 5.82. The number of hydrogen-bond donors (Lipinski definition) is 2. The first-order valence-corrected chi connectivity index (χ1v) is 5.82. The molecule has 8 heteroatoms. The van der Waals surface area contributed by atoms with E-state index in [9.17, 15) is 4.79 Å². The molecule has 2 aromatic rings. The highest BCUT2D eigenvalue weighted by atomic mass is 16.5. The number of carboxylic acids is 1. The summed E-state index contributed by atoms with van der Waals surface area (Å²) in [7, 11) is 0. The minimum atomic E-state index is -1.10. The highest BCUT2D eigenvalue weighted by Crippen LogP contribution is 2.16. The summed E-state index contributed by atoms with van der Waals surface area (Å²) < 4.78 is 6.60. The second-order valence-corrected chi connectivity index (χ2v) is 4.19. The molecule has 0 bridgehead atoms. The molecule has 8 nitrogen and oxygen atoms in total. The number of carbonyl (C=O) groups is 1. The summed E-state index contributed by atoms with van der Waals surface area (Å²) >= 11 is 0. The molecule has 3 N–H and O–H groups in total. The van der Waals surface area contributed by atoms with Gasteiger partial charge in [-0.3, -0.25) is 0 Å². The summed E-state index contributed by atoms with van der Waals surface area (Å²) in [5.74, 6) is -0.419. The van der Waals surface area contributed by atoms with E-state index in [0.29, 0.717) is 31.0 Å². The molecule has 0 saturated carbocycles. The minimum Gasteiger partial charge on any atom is -0.476 e. The fourth-order valence-electron chi connectivity index (χ4n) is 1.89. The highest BCUT2D eigenvalue weighted by Gasteiger charge is 2.20. The van der Waals surface area contributed by atoms with Crippen LogP contribution in [-0.4, -0.2) is 37.8 Å². The molecule has 2 rings (SSSR count). The van der Waals surface area contributed by atoms with Gasteiger partial charge in [0, 0.05) is 12.0 Å². The Morgan fingerprint density at radius 3 is 2.74 bits per heavy atom. The summed E-state index contributed by atoms with van der Waals surface area (Å²) in [6.07, 6.45) is 0.401. The molecule has 2 heterocycles. The molecular weight excluding hydrogens is 250 g/mol. The van der Waals surface area contributed by atoms with Gasteiger partial charge in [0.1, 0.15) is 5.76 Å². The van der Waals surface area contributed by atoms with E-state index in [1.54, 1.807) is 6.92 Å². The summed E-state index contributed by atoms with van der Waals surface area (Å²) in [6.45, 7) is 4.32. The molecule has 0 radical (unpaired) electrons. The molecule has 0 fully saturated rings. The van der Waals surface area contributed by atoms with Crippen molar-refractivity contribution in [3.05, 3.63) is 28.4 Å². The Hall–Kier alpha value is -2.22. The van der Waals surface area contributed by atoms with E-state index in [4.69, 9.17) is 15.4 Å². The molecule has 0 aliphatic carbocycles. The van der Waals surface area contributed by atoms with Crippen LogP contribution in [0, 0.1) is 13.8 Å². The zero-order chi connectivity index (χ0) is 14.0. The molecule has 0 unspecified atom stereocenters. The van der Waals surface area contributed by atoms with E-state index in [-0.39, 0.29) is 5.69 Å². The number of nitrogens with zero attached hydrogens (tertiary/aromatic N) is 4. The highest BCUT2D eigenvalue weighted by molar-refractivity contribution is 5.86. The maximum atomic E-state index is 11.1. The van der Waals surface area contributed by atoms with Crippen molar-refractivity contribution in [2.24, 2.45) is 5.73 Å². The van der Waals surface area contributed by atoms with Crippen LogP contribution >= 0.6 is 0 Å². The number of aromatic carboxylic acids is 1. The van der Waals surface area contributed by atoms with Crippen molar-refractivity contribution in [3.63, 3.8) is 0 Å². The van der Waals surface area contributed by atoms with Gasteiger partial charge in [-0.05, 0) is 20.4 Å². The number of carboxylic acid groups (broad SMARTS) is 1. The molecule has 102 valence electrons. The average molecular weight is 265 g/mol. The van der Waals surface area contributed by atoms with E-state index in [1.807, 2.05) is 6.92 Å². The molecule has 0 amide bonds. The fraction of sp³-hybridized carbons (Fsp3) is 0.455. The lowest BCUT2D eigenvalue weighted by atomic mass is 10.2. The predicted octanol–water partition coefficient (Wildman–Crippen LogP) is 0.131. The van der Waals surface area contributed by atoms with Crippen molar-refractivity contribution < 1.29 is 14.4 Å². The molecule has 0 aliphatic heterocycles. The zero-order valence-electron chi connectivity index (χ0n) is 10.8. The van der Waals surface area contributed by atoms with Crippen molar-refractivity contribution in [1.82, 2.24) is 20.2 Å². The average Bonchev–Trinajstić information content (AvgIpc) is 2.89. The van der Waals surface area contributed by atoms with Gasteiger partial charge in [0.05, 0.1) is 17.9 Å². The standard InChI is InChI=1S/C11H15N5O3/c1-6-8(7(2)19-14-6)5-16-9(3-4-12)10(11(17)18)13-15-16/h3-5,12H2,1-2H3,(H,17,18). The van der Waals surface area contributed by atoms with Crippen molar-refractivity contribution in [2.75, 3.05) is 6.54 Å². The van der Waals surface area contributed by atoms with E-state index < -0.39 is 5.97 Å². The summed E-state index contributed by atoms with van der Waals surface area (Å²) in [5, 5.41) is 20.5. The molecule has 19 heavy (non-hydrogen) atoms. The van der Waals surface area contributed by atoms with E-state index >= 15 is 0 Å². The number of nitrogens with two attached hydrogens (primary N) is 1. The third kappa shape index (κ3) is 2.48. The molecule has 0 atom stereocenters. The third-order valence-electron chi connectivity index (χ3n) is 2.91. The fourth-order valence-corrected chi connectivity index (χ4v) is 1.89. The Morgan fingerprint density at radius 1 is 1.47 bits per heavy atom. The zero-order valence-corrected chi connectivity index (χ0v) is 10.8. The van der Waals surface area contributed by atoms with Crippen LogP contribution in [0.25, 0.3) is 0 Å². The van der Waals surface area contributed by atoms with Gasteiger partial charge in [0.15, 0.2) is 5.69 Å². The maximum Gasteiger partial charge on any atom is 0.358 e. The number of rotatable bonds is 5. The van der Waals surface area contributed by atoms with Gasteiger partial charge in [0.2, 0.25) is 0 Å².